The summed E-state index contributed by atoms with van der Waals surface area (Å²) in [6.45, 7) is 0. The van der Waals surface area contributed by atoms with Gasteiger partial charge >= 0.3 is 0 Å². The fraction of sp³-hybridized carbons (Fsp3) is 0.364. The molecule has 0 radical (unpaired) electrons. The minimum atomic E-state index is -0.00824. The molecule has 0 N–H and O–H groups in total. The summed E-state index contributed by atoms with van der Waals surface area (Å²) < 4.78 is 0. The molecule has 1 atom stereocenters. The molecule has 76 valence electrons. The van der Waals surface area contributed by atoms with E-state index < -0.39 is 0 Å². The lowest BCUT2D eigenvalue weighted by Gasteiger charge is -2.14. The SMILES string of the molecule is CN(C)C(=O)CC(S)c1ccccc1. The van der Waals surface area contributed by atoms with Gasteiger partial charge in [-0.05, 0) is 5.56 Å². The summed E-state index contributed by atoms with van der Waals surface area (Å²) in [5.41, 5.74) is 1.09. The summed E-state index contributed by atoms with van der Waals surface area (Å²) in [6.07, 6.45) is 0.445. The lowest BCUT2D eigenvalue weighted by atomic mass is 10.1. The highest BCUT2D eigenvalue weighted by Crippen LogP contribution is 2.23. The van der Waals surface area contributed by atoms with Gasteiger partial charge in [-0.15, -0.1) is 0 Å². The van der Waals surface area contributed by atoms with Crippen LogP contribution in [-0.4, -0.2) is 24.9 Å². The van der Waals surface area contributed by atoms with E-state index in [1.807, 2.05) is 30.3 Å². The van der Waals surface area contributed by atoms with E-state index in [0.29, 0.717) is 6.42 Å². The van der Waals surface area contributed by atoms with Crippen LogP contribution in [0.4, 0.5) is 0 Å². The molecule has 0 saturated carbocycles. The highest BCUT2D eigenvalue weighted by atomic mass is 32.1. The highest BCUT2D eigenvalue weighted by Gasteiger charge is 2.12. The Morgan fingerprint density at radius 3 is 2.43 bits per heavy atom. The maximum absolute atomic E-state index is 11.4. The third-order valence-corrected chi connectivity index (χ3v) is 2.53. The van der Waals surface area contributed by atoms with Crippen molar-refractivity contribution in [3.63, 3.8) is 0 Å². The van der Waals surface area contributed by atoms with Crippen LogP contribution in [0.3, 0.4) is 0 Å². The molecule has 0 aliphatic heterocycles. The van der Waals surface area contributed by atoms with Crippen LogP contribution in [0.25, 0.3) is 0 Å². The molecule has 0 fully saturated rings. The van der Waals surface area contributed by atoms with Crippen LogP contribution in [0.5, 0.6) is 0 Å². The van der Waals surface area contributed by atoms with E-state index in [2.05, 4.69) is 12.6 Å². The van der Waals surface area contributed by atoms with Gasteiger partial charge in [-0.3, -0.25) is 4.79 Å². The van der Waals surface area contributed by atoms with Gasteiger partial charge in [-0.25, -0.2) is 0 Å². The maximum Gasteiger partial charge on any atom is 0.223 e. The van der Waals surface area contributed by atoms with Gasteiger partial charge in [0.1, 0.15) is 0 Å². The van der Waals surface area contributed by atoms with E-state index in [4.69, 9.17) is 0 Å². The Labute approximate surface area is 90.3 Å². The zero-order chi connectivity index (χ0) is 10.6. The molecule has 0 bridgehead atoms. The van der Waals surface area contributed by atoms with Gasteiger partial charge in [0.25, 0.3) is 0 Å². The van der Waals surface area contributed by atoms with Crippen molar-refractivity contribution in [1.29, 1.82) is 0 Å². The van der Waals surface area contributed by atoms with Gasteiger partial charge in [-0.1, -0.05) is 30.3 Å². The van der Waals surface area contributed by atoms with Crippen molar-refractivity contribution in [1.82, 2.24) is 4.90 Å². The van der Waals surface area contributed by atoms with Crippen LogP contribution in [0, 0.1) is 0 Å². The average molecular weight is 209 g/mol. The first-order chi connectivity index (χ1) is 6.61. The number of thiol groups is 1. The summed E-state index contributed by atoms with van der Waals surface area (Å²) >= 11 is 4.41. The number of rotatable bonds is 3. The first kappa shape index (κ1) is 11.1. The maximum atomic E-state index is 11.4. The van der Waals surface area contributed by atoms with Crippen LogP contribution in [-0.2, 0) is 4.79 Å². The van der Waals surface area contributed by atoms with Crippen molar-refractivity contribution in [3.05, 3.63) is 35.9 Å². The molecule has 0 aliphatic rings. The van der Waals surface area contributed by atoms with E-state index in [1.54, 1.807) is 19.0 Å². The van der Waals surface area contributed by atoms with Crippen molar-refractivity contribution < 1.29 is 4.79 Å². The summed E-state index contributed by atoms with van der Waals surface area (Å²) in [5.74, 6) is 0.105. The Morgan fingerprint density at radius 1 is 1.36 bits per heavy atom. The van der Waals surface area contributed by atoms with Gasteiger partial charge in [0.05, 0.1) is 0 Å². The molecule has 14 heavy (non-hydrogen) atoms. The van der Waals surface area contributed by atoms with Gasteiger partial charge in [0.2, 0.25) is 5.91 Å². The summed E-state index contributed by atoms with van der Waals surface area (Å²) in [5, 5.41) is -0.00824. The molecular weight excluding hydrogens is 194 g/mol. The van der Waals surface area contributed by atoms with E-state index in [1.165, 1.54) is 0 Å². The molecule has 1 aromatic rings. The zero-order valence-electron chi connectivity index (χ0n) is 8.47. The fourth-order valence-electron chi connectivity index (χ4n) is 1.14. The van der Waals surface area contributed by atoms with Crippen LogP contribution in [0.15, 0.2) is 30.3 Å². The van der Waals surface area contributed by atoms with E-state index >= 15 is 0 Å². The number of carbonyl (C=O) groups is 1. The average Bonchev–Trinajstić information content (AvgIpc) is 2.19. The molecule has 3 heteroatoms. The minimum absolute atomic E-state index is 0.00824. The molecule has 1 amide bonds. The van der Waals surface area contributed by atoms with E-state index in [-0.39, 0.29) is 11.2 Å². The standard InChI is InChI=1S/C11H15NOS/c1-12(2)11(13)8-10(14)9-6-4-3-5-7-9/h3-7,10,14H,8H2,1-2H3. The minimum Gasteiger partial charge on any atom is -0.349 e. The lowest BCUT2D eigenvalue weighted by molar-refractivity contribution is -0.128. The van der Waals surface area contributed by atoms with Crippen LogP contribution in [0.1, 0.15) is 17.2 Å². The first-order valence-corrected chi connectivity index (χ1v) is 5.06. The summed E-state index contributed by atoms with van der Waals surface area (Å²) in [7, 11) is 3.52. The molecule has 1 rings (SSSR count). The van der Waals surface area contributed by atoms with Gasteiger partial charge in [-0.2, -0.15) is 12.6 Å². The zero-order valence-corrected chi connectivity index (χ0v) is 9.37. The molecule has 0 heterocycles. The van der Waals surface area contributed by atoms with E-state index in [0.717, 1.165) is 5.56 Å². The first-order valence-electron chi connectivity index (χ1n) is 4.54. The number of amides is 1. The van der Waals surface area contributed by atoms with Gasteiger partial charge in [0.15, 0.2) is 0 Å². The van der Waals surface area contributed by atoms with Crippen molar-refractivity contribution >= 4 is 18.5 Å². The number of nitrogens with zero attached hydrogens (tertiary/aromatic N) is 1. The van der Waals surface area contributed by atoms with Gasteiger partial charge < -0.3 is 4.90 Å². The highest BCUT2D eigenvalue weighted by molar-refractivity contribution is 7.80. The topological polar surface area (TPSA) is 20.3 Å². The summed E-state index contributed by atoms with van der Waals surface area (Å²) in [6, 6.07) is 9.84. The second-order valence-electron chi connectivity index (χ2n) is 3.42. The number of benzene rings is 1. The van der Waals surface area contributed by atoms with Crippen LogP contribution >= 0.6 is 12.6 Å². The molecule has 1 aromatic carbocycles. The monoisotopic (exact) mass is 209 g/mol. The predicted molar refractivity (Wildman–Crippen MR) is 61.5 cm³/mol. The number of carbonyl (C=O) groups excluding carboxylic acids is 1. The predicted octanol–water partition coefficient (Wildman–Crippen LogP) is 2.14. The third kappa shape index (κ3) is 3.07. The van der Waals surface area contributed by atoms with Crippen molar-refractivity contribution in [2.45, 2.75) is 11.7 Å². The molecule has 0 aliphatic carbocycles. The molecule has 0 saturated heterocycles. The molecule has 2 nitrogen and oxygen atoms in total. The smallest absolute Gasteiger partial charge is 0.223 e. The largest absolute Gasteiger partial charge is 0.349 e. The van der Waals surface area contributed by atoms with Crippen LogP contribution < -0.4 is 0 Å². The fourth-order valence-corrected chi connectivity index (χ4v) is 1.47. The summed E-state index contributed by atoms with van der Waals surface area (Å²) in [4.78, 5) is 13.0. The quantitative estimate of drug-likeness (QED) is 0.756. The van der Waals surface area contributed by atoms with Gasteiger partial charge in [0, 0.05) is 25.8 Å². The number of hydrogen-bond acceptors (Lipinski definition) is 2. The normalized spacial score (nSPS) is 12.2. The van der Waals surface area contributed by atoms with E-state index in [9.17, 15) is 4.79 Å². The lowest BCUT2D eigenvalue weighted by Crippen LogP contribution is -2.22. The Kier molecular flexibility index (Phi) is 4.01. The molecule has 1 unspecified atom stereocenters. The third-order valence-electron chi connectivity index (χ3n) is 2.05. The van der Waals surface area contributed by atoms with Crippen molar-refractivity contribution in [2.75, 3.05) is 14.1 Å². The second kappa shape index (κ2) is 5.05. The Morgan fingerprint density at radius 2 is 1.93 bits per heavy atom. The Bertz CT molecular complexity index is 297. The Balaban J connectivity index is 2.59. The van der Waals surface area contributed by atoms with Crippen molar-refractivity contribution in [2.24, 2.45) is 0 Å². The molecule has 0 spiro atoms. The van der Waals surface area contributed by atoms with Crippen LogP contribution in [0.2, 0.25) is 0 Å². The molecular formula is C11H15NOS. The Hall–Kier alpha value is -0.960. The number of hydrogen-bond donors (Lipinski definition) is 1. The molecule has 0 aromatic heterocycles. The van der Waals surface area contributed by atoms with Crippen molar-refractivity contribution in [3.8, 4) is 0 Å². The second-order valence-corrected chi connectivity index (χ2v) is 4.04.